The lowest BCUT2D eigenvalue weighted by Crippen LogP contribution is -2.32. The van der Waals surface area contributed by atoms with Crippen molar-refractivity contribution in [3.05, 3.63) is 143 Å². The summed E-state index contributed by atoms with van der Waals surface area (Å²) in [6.07, 6.45) is 6.32. The lowest BCUT2D eigenvalue weighted by Gasteiger charge is -2.35. The Hall–Kier alpha value is -3.80. The van der Waals surface area contributed by atoms with Gasteiger partial charge in [-0.15, -0.1) is 5.73 Å². The van der Waals surface area contributed by atoms with Crippen LogP contribution in [-0.4, -0.2) is 6.54 Å². The fourth-order valence-corrected chi connectivity index (χ4v) is 5.37. The molecule has 1 atom stereocenters. The summed E-state index contributed by atoms with van der Waals surface area (Å²) in [6, 6.07) is 28.1. The van der Waals surface area contributed by atoms with Crippen molar-refractivity contribution in [3.63, 3.8) is 0 Å². The number of hydrogen-bond donors (Lipinski definition) is 1. The first-order chi connectivity index (χ1) is 15.8. The van der Waals surface area contributed by atoms with Crippen molar-refractivity contribution >= 4 is 16.8 Å². The van der Waals surface area contributed by atoms with E-state index in [-0.39, 0.29) is 5.41 Å². The molecule has 1 heterocycles. The van der Waals surface area contributed by atoms with Gasteiger partial charge >= 0.3 is 0 Å². The van der Waals surface area contributed by atoms with E-state index in [0.29, 0.717) is 0 Å². The molecule has 156 valence electrons. The zero-order valence-electron chi connectivity index (χ0n) is 18.7. The Labute approximate surface area is 190 Å². The molecule has 3 aliphatic rings. The zero-order valence-corrected chi connectivity index (χ0v) is 18.7. The van der Waals surface area contributed by atoms with Crippen LogP contribution in [0.1, 0.15) is 36.1 Å². The van der Waals surface area contributed by atoms with Crippen molar-refractivity contribution in [2.45, 2.75) is 19.3 Å². The molecule has 3 aromatic carbocycles. The molecule has 1 heteroatoms. The first-order valence-electron chi connectivity index (χ1n) is 11.4. The average Bonchev–Trinajstić information content (AvgIpc) is 3.46. The van der Waals surface area contributed by atoms with Crippen LogP contribution in [0.5, 0.6) is 0 Å². The van der Waals surface area contributed by atoms with Gasteiger partial charge in [0.25, 0.3) is 0 Å². The molecule has 1 N–H and O–H groups in total. The third kappa shape index (κ3) is 2.72. The van der Waals surface area contributed by atoms with E-state index in [1.165, 1.54) is 39.0 Å². The molecule has 6 rings (SSSR count). The summed E-state index contributed by atoms with van der Waals surface area (Å²) in [5.74, 6) is 0. The van der Waals surface area contributed by atoms with Crippen LogP contribution in [0.15, 0.2) is 121 Å². The second kappa shape index (κ2) is 8.04. The molecule has 1 aliphatic heterocycles. The maximum absolute atomic E-state index is 4.59. The van der Waals surface area contributed by atoms with Crippen LogP contribution in [0.25, 0.3) is 11.1 Å². The summed E-state index contributed by atoms with van der Waals surface area (Å²) in [5.41, 5.74) is 14.2. The summed E-state index contributed by atoms with van der Waals surface area (Å²) in [6.45, 7) is 9.35. The Morgan fingerprint density at radius 3 is 2.28 bits per heavy atom. The van der Waals surface area contributed by atoms with Gasteiger partial charge in [0.05, 0.1) is 5.41 Å². The van der Waals surface area contributed by atoms with Gasteiger partial charge in [0.15, 0.2) is 0 Å². The predicted molar refractivity (Wildman–Crippen MR) is 137 cm³/mol. The van der Waals surface area contributed by atoms with Crippen LogP contribution in [0, 0.1) is 0 Å². The molecule has 1 nitrogen and oxygen atoms in total. The van der Waals surface area contributed by atoms with E-state index in [1.54, 1.807) is 0 Å². The number of benzene rings is 3. The highest BCUT2D eigenvalue weighted by molar-refractivity contribution is 6.12. The Bertz CT molecular complexity index is 1330. The largest absolute Gasteiger partial charge is 0.381 e. The summed E-state index contributed by atoms with van der Waals surface area (Å²) in [5, 5.41) is 3.72. The predicted octanol–water partition coefficient (Wildman–Crippen LogP) is 7.56. The Morgan fingerprint density at radius 1 is 0.844 bits per heavy atom. The highest BCUT2D eigenvalue weighted by atomic mass is 14.9. The van der Waals surface area contributed by atoms with Crippen LogP contribution in [0.3, 0.4) is 0 Å². The molecular weight excluding hydrogens is 386 g/mol. The highest BCUT2D eigenvalue weighted by Gasteiger charge is 2.49. The summed E-state index contributed by atoms with van der Waals surface area (Å²) < 4.78 is 0. The van der Waals surface area contributed by atoms with Crippen molar-refractivity contribution in [2.75, 3.05) is 11.9 Å². The number of para-hydroxylation sites is 1. The fraction of sp³-hybridized carbons (Fsp3) is 0.129. The van der Waals surface area contributed by atoms with Crippen LogP contribution in [-0.2, 0) is 5.41 Å². The van der Waals surface area contributed by atoms with E-state index in [1.807, 2.05) is 19.9 Å². The molecule has 0 radical (unpaired) electrons. The quantitative estimate of drug-likeness (QED) is 0.428. The minimum Gasteiger partial charge on any atom is -0.381 e. The van der Waals surface area contributed by atoms with E-state index in [9.17, 15) is 0 Å². The first-order valence-corrected chi connectivity index (χ1v) is 11.4. The van der Waals surface area contributed by atoms with Gasteiger partial charge in [-0.25, -0.2) is 0 Å². The molecule has 1 unspecified atom stereocenters. The van der Waals surface area contributed by atoms with Crippen molar-refractivity contribution < 1.29 is 0 Å². The van der Waals surface area contributed by atoms with Gasteiger partial charge in [0, 0.05) is 23.4 Å². The van der Waals surface area contributed by atoms with Gasteiger partial charge in [0.1, 0.15) is 0 Å². The van der Waals surface area contributed by atoms with Crippen molar-refractivity contribution in [1.82, 2.24) is 0 Å². The maximum Gasteiger partial charge on any atom is 0.0766 e. The van der Waals surface area contributed by atoms with E-state index < -0.39 is 0 Å². The number of allylic oxidation sites excluding steroid dienone is 5. The number of rotatable bonds is 2. The molecule has 3 aromatic rings. The fourth-order valence-electron chi connectivity index (χ4n) is 5.37. The van der Waals surface area contributed by atoms with Crippen molar-refractivity contribution in [2.24, 2.45) is 0 Å². The third-order valence-electron chi connectivity index (χ3n) is 6.57. The molecule has 0 fully saturated rings. The summed E-state index contributed by atoms with van der Waals surface area (Å²) in [7, 11) is 0. The van der Waals surface area contributed by atoms with Gasteiger partial charge in [-0.05, 0) is 51.6 Å². The van der Waals surface area contributed by atoms with Crippen LogP contribution < -0.4 is 5.32 Å². The van der Waals surface area contributed by atoms with Crippen LogP contribution >= 0.6 is 0 Å². The van der Waals surface area contributed by atoms with E-state index in [2.05, 4.69) is 109 Å². The highest BCUT2D eigenvalue weighted by Crippen LogP contribution is 2.58. The topological polar surface area (TPSA) is 12.0 Å². The molecular formula is C31H27N. The third-order valence-corrected chi connectivity index (χ3v) is 6.57. The zero-order chi connectivity index (χ0) is 22.1. The molecule has 2 aliphatic carbocycles. The molecule has 32 heavy (non-hydrogen) atoms. The second-order valence-corrected chi connectivity index (χ2v) is 7.98. The maximum atomic E-state index is 4.59. The van der Waals surface area contributed by atoms with Gasteiger partial charge in [-0.1, -0.05) is 99.3 Å². The van der Waals surface area contributed by atoms with E-state index in [4.69, 9.17) is 0 Å². The SMILES string of the molecule is C=C1C2=C(CNc3ccccc31)C(C1=C=CC=C1)(c1ccccc1)c1ccccc12.CC. The van der Waals surface area contributed by atoms with Gasteiger partial charge < -0.3 is 5.32 Å². The van der Waals surface area contributed by atoms with Crippen LogP contribution in [0.4, 0.5) is 5.69 Å². The minimum absolute atomic E-state index is 0.380. The molecule has 0 amide bonds. The number of nitrogens with one attached hydrogen (secondary N) is 1. The lowest BCUT2D eigenvalue weighted by atomic mass is 9.66. The normalized spacial score (nSPS) is 19.8. The molecule has 0 spiro atoms. The van der Waals surface area contributed by atoms with Gasteiger partial charge in [-0.2, -0.15) is 0 Å². The summed E-state index contributed by atoms with van der Waals surface area (Å²) >= 11 is 0. The Morgan fingerprint density at radius 2 is 1.53 bits per heavy atom. The summed E-state index contributed by atoms with van der Waals surface area (Å²) in [4.78, 5) is 0. The monoisotopic (exact) mass is 413 g/mol. The van der Waals surface area contributed by atoms with Gasteiger partial charge in [0.2, 0.25) is 0 Å². The molecule has 0 aromatic heterocycles. The Kier molecular flexibility index (Phi) is 5.05. The molecule has 0 bridgehead atoms. The molecule has 0 saturated heterocycles. The number of hydrogen-bond acceptors (Lipinski definition) is 1. The Balaban J connectivity index is 0.00000105. The van der Waals surface area contributed by atoms with E-state index >= 15 is 0 Å². The second-order valence-electron chi connectivity index (χ2n) is 7.98. The smallest absolute Gasteiger partial charge is 0.0766 e. The van der Waals surface area contributed by atoms with Crippen molar-refractivity contribution in [1.29, 1.82) is 0 Å². The minimum atomic E-state index is -0.380. The number of fused-ring (bicyclic) bond motifs is 3. The van der Waals surface area contributed by atoms with E-state index in [0.717, 1.165) is 17.8 Å². The lowest BCUT2D eigenvalue weighted by molar-refractivity contribution is 0.733. The van der Waals surface area contributed by atoms with Crippen molar-refractivity contribution in [3.8, 4) is 0 Å². The van der Waals surface area contributed by atoms with Gasteiger partial charge in [-0.3, -0.25) is 0 Å². The van der Waals surface area contributed by atoms with Crippen LogP contribution in [0.2, 0.25) is 0 Å². The average molecular weight is 414 g/mol. The standard InChI is InChI=1S/C29H21N.C2H6/c1-20-23-15-8-10-18-27(23)30-19-26-28(20)24-16-7-9-17-25(24)29(26,22-13-5-6-14-22)21-11-3-2-4-12-21;1-2/h2-13,15-18,30H,1,19H2;1-2H3. The number of anilines is 1. The molecule has 0 saturated carbocycles. The first kappa shape index (κ1) is 20.1.